The summed E-state index contributed by atoms with van der Waals surface area (Å²) >= 11 is 0. The second kappa shape index (κ2) is 6.24. The third kappa shape index (κ3) is 3.01. The van der Waals surface area contributed by atoms with Crippen molar-refractivity contribution in [2.75, 3.05) is 18.2 Å². The molecule has 0 saturated carbocycles. The average molecular weight is 331 g/mol. The fraction of sp³-hybridized carbons (Fsp3) is 0.105. The third-order valence-corrected chi connectivity index (χ3v) is 4.09. The second-order valence-corrected chi connectivity index (χ2v) is 5.72. The number of rotatable bonds is 4. The normalized spacial score (nSPS) is 12.0. The van der Waals surface area contributed by atoms with Gasteiger partial charge < -0.3 is 15.8 Å². The smallest absolute Gasteiger partial charge is 0.221 e. The molecule has 25 heavy (non-hydrogen) atoms. The maximum Gasteiger partial charge on any atom is 0.221 e. The summed E-state index contributed by atoms with van der Waals surface area (Å²) in [6, 6.07) is 14.0. The fourth-order valence-corrected chi connectivity index (χ4v) is 2.93. The van der Waals surface area contributed by atoms with E-state index in [0.717, 1.165) is 28.1 Å². The molecule has 1 aromatic heterocycles. The highest BCUT2D eigenvalue weighted by Crippen LogP contribution is 2.34. The molecule has 1 aliphatic heterocycles. The minimum Gasteiger partial charge on any atom is -0.497 e. The Hall–Kier alpha value is -3.41. The summed E-state index contributed by atoms with van der Waals surface area (Å²) in [7, 11) is 1.67. The summed E-state index contributed by atoms with van der Waals surface area (Å²) in [4.78, 5) is 12.5. The van der Waals surface area contributed by atoms with Crippen molar-refractivity contribution in [1.82, 2.24) is 9.97 Å². The first-order valence-corrected chi connectivity index (χ1v) is 7.89. The molecule has 0 bridgehead atoms. The van der Waals surface area contributed by atoms with Gasteiger partial charge in [-0.25, -0.2) is 4.98 Å². The van der Waals surface area contributed by atoms with Gasteiger partial charge in [0.05, 0.1) is 13.7 Å². The minimum absolute atomic E-state index is 0.237. The molecule has 3 aromatic rings. The van der Waals surface area contributed by atoms with Crippen LogP contribution in [0.15, 0.2) is 53.7 Å². The van der Waals surface area contributed by atoms with Gasteiger partial charge in [-0.05, 0) is 47.0 Å². The van der Waals surface area contributed by atoms with E-state index in [1.165, 1.54) is 5.56 Å². The zero-order valence-electron chi connectivity index (χ0n) is 13.7. The quantitative estimate of drug-likeness (QED) is 0.765. The molecule has 0 aliphatic carbocycles. The van der Waals surface area contributed by atoms with Crippen molar-refractivity contribution in [3.8, 4) is 16.9 Å². The number of nitrogens with one attached hydrogen (secondary N) is 1. The number of hydrogen-bond acceptors (Lipinski definition) is 6. The number of aromatic nitrogens is 2. The van der Waals surface area contributed by atoms with Crippen molar-refractivity contribution in [2.24, 2.45) is 4.99 Å². The maximum absolute atomic E-state index is 5.66. The van der Waals surface area contributed by atoms with E-state index in [0.29, 0.717) is 12.4 Å². The zero-order chi connectivity index (χ0) is 17.2. The van der Waals surface area contributed by atoms with Gasteiger partial charge >= 0.3 is 0 Å². The van der Waals surface area contributed by atoms with Gasteiger partial charge in [-0.2, -0.15) is 4.98 Å². The molecule has 3 N–H and O–H groups in total. The van der Waals surface area contributed by atoms with Crippen LogP contribution in [0.25, 0.3) is 11.1 Å². The standard InChI is InChI=1S/C19H17N5O/c1-25-15-4-2-3-12(8-15)16-9-14(7-13-10-21-11-17(13)16)23-18-5-6-22-19(20)24-18/h2-10H,11H2,1H3,(H3,20,22,23,24). The summed E-state index contributed by atoms with van der Waals surface area (Å²) in [5, 5.41) is 3.29. The van der Waals surface area contributed by atoms with Crippen LogP contribution in [0.2, 0.25) is 0 Å². The van der Waals surface area contributed by atoms with Crippen LogP contribution in [0, 0.1) is 0 Å². The van der Waals surface area contributed by atoms with Crippen molar-refractivity contribution in [1.29, 1.82) is 0 Å². The van der Waals surface area contributed by atoms with Gasteiger partial charge in [-0.3, -0.25) is 4.99 Å². The number of nitrogens with two attached hydrogens (primary N) is 1. The number of nitrogens with zero attached hydrogens (tertiary/aromatic N) is 3. The van der Waals surface area contributed by atoms with E-state index in [1.807, 2.05) is 24.4 Å². The fourth-order valence-electron chi connectivity index (χ4n) is 2.93. The number of methoxy groups -OCH3 is 1. The van der Waals surface area contributed by atoms with E-state index < -0.39 is 0 Å². The van der Waals surface area contributed by atoms with Crippen LogP contribution >= 0.6 is 0 Å². The van der Waals surface area contributed by atoms with E-state index in [1.54, 1.807) is 19.4 Å². The van der Waals surface area contributed by atoms with Gasteiger partial charge in [-0.1, -0.05) is 12.1 Å². The molecule has 0 amide bonds. The van der Waals surface area contributed by atoms with Crippen molar-refractivity contribution >= 4 is 23.7 Å². The molecule has 0 fully saturated rings. The van der Waals surface area contributed by atoms with Crippen molar-refractivity contribution in [3.05, 3.63) is 59.8 Å². The summed E-state index contributed by atoms with van der Waals surface area (Å²) < 4.78 is 5.36. The summed E-state index contributed by atoms with van der Waals surface area (Å²) in [6.45, 7) is 0.683. The zero-order valence-corrected chi connectivity index (χ0v) is 13.7. The highest BCUT2D eigenvalue weighted by Gasteiger charge is 2.15. The Morgan fingerprint density at radius 2 is 2.08 bits per heavy atom. The van der Waals surface area contributed by atoms with Crippen LogP contribution < -0.4 is 15.8 Å². The van der Waals surface area contributed by atoms with Gasteiger partial charge in [-0.15, -0.1) is 0 Å². The highest BCUT2D eigenvalue weighted by atomic mass is 16.5. The lowest BCUT2D eigenvalue weighted by Crippen LogP contribution is -2.00. The van der Waals surface area contributed by atoms with Crippen molar-refractivity contribution in [3.63, 3.8) is 0 Å². The Morgan fingerprint density at radius 1 is 1.16 bits per heavy atom. The number of benzene rings is 2. The van der Waals surface area contributed by atoms with Crippen LogP contribution in [0.5, 0.6) is 5.75 Å². The monoisotopic (exact) mass is 331 g/mol. The number of aliphatic imine (C=N–C) groups is 1. The predicted octanol–water partition coefficient (Wildman–Crippen LogP) is 3.41. The van der Waals surface area contributed by atoms with Gasteiger partial charge in [0.2, 0.25) is 5.95 Å². The van der Waals surface area contributed by atoms with Gasteiger partial charge in [0.1, 0.15) is 11.6 Å². The van der Waals surface area contributed by atoms with Crippen LogP contribution in [-0.2, 0) is 6.54 Å². The largest absolute Gasteiger partial charge is 0.497 e. The van der Waals surface area contributed by atoms with Gasteiger partial charge in [0.25, 0.3) is 0 Å². The Balaban J connectivity index is 1.78. The first-order chi connectivity index (χ1) is 12.2. The van der Waals surface area contributed by atoms with E-state index in [4.69, 9.17) is 10.5 Å². The summed E-state index contributed by atoms with van der Waals surface area (Å²) in [6.07, 6.45) is 3.53. The number of nitrogen functional groups attached to an aromatic ring is 1. The number of hydrogen-bond donors (Lipinski definition) is 2. The highest BCUT2D eigenvalue weighted by molar-refractivity contribution is 5.91. The lowest BCUT2D eigenvalue weighted by molar-refractivity contribution is 0.415. The van der Waals surface area contributed by atoms with E-state index in [9.17, 15) is 0 Å². The minimum atomic E-state index is 0.237. The topological polar surface area (TPSA) is 85.4 Å². The third-order valence-electron chi connectivity index (χ3n) is 4.09. The van der Waals surface area contributed by atoms with Crippen LogP contribution in [0.1, 0.15) is 11.1 Å². The maximum atomic E-state index is 5.66. The van der Waals surface area contributed by atoms with Gasteiger partial charge in [0, 0.05) is 23.7 Å². The Kier molecular flexibility index (Phi) is 3.78. The van der Waals surface area contributed by atoms with Crippen LogP contribution in [0.4, 0.5) is 17.5 Å². The van der Waals surface area contributed by atoms with Crippen molar-refractivity contribution < 1.29 is 4.74 Å². The molecule has 6 nitrogen and oxygen atoms in total. The lowest BCUT2D eigenvalue weighted by atomic mass is 9.95. The molecule has 0 spiro atoms. The van der Waals surface area contributed by atoms with Crippen molar-refractivity contribution in [2.45, 2.75) is 6.54 Å². The van der Waals surface area contributed by atoms with E-state index >= 15 is 0 Å². The molecule has 2 aromatic carbocycles. The molecular weight excluding hydrogens is 314 g/mol. The Morgan fingerprint density at radius 3 is 2.92 bits per heavy atom. The molecule has 1 aliphatic rings. The summed E-state index contributed by atoms with van der Waals surface area (Å²) in [5.41, 5.74) is 11.1. The first kappa shape index (κ1) is 15.1. The molecule has 0 radical (unpaired) electrons. The number of ether oxygens (including phenoxy) is 1. The number of fused-ring (bicyclic) bond motifs is 1. The molecule has 0 saturated heterocycles. The molecular formula is C19H17N5O. The van der Waals surface area contributed by atoms with Gasteiger partial charge in [0.15, 0.2) is 0 Å². The average Bonchev–Trinajstić information content (AvgIpc) is 3.09. The van der Waals surface area contributed by atoms with E-state index in [2.05, 4.69) is 38.5 Å². The molecule has 0 atom stereocenters. The van der Waals surface area contributed by atoms with Crippen LogP contribution in [-0.4, -0.2) is 23.3 Å². The number of anilines is 3. The molecule has 124 valence electrons. The SMILES string of the molecule is COc1cccc(-c2cc(Nc3ccnc(N)n3)cc3c2CN=C3)c1. The van der Waals surface area contributed by atoms with E-state index in [-0.39, 0.29) is 5.95 Å². The van der Waals surface area contributed by atoms with Crippen LogP contribution in [0.3, 0.4) is 0 Å². The molecule has 4 rings (SSSR count). The molecule has 6 heteroatoms. The lowest BCUT2D eigenvalue weighted by Gasteiger charge is -2.13. The molecule has 0 unspecified atom stereocenters. The summed E-state index contributed by atoms with van der Waals surface area (Å²) in [5.74, 6) is 1.71. The predicted molar refractivity (Wildman–Crippen MR) is 99.5 cm³/mol. The first-order valence-electron chi connectivity index (χ1n) is 7.89. The second-order valence-electron chi connectivity index (χ2n) is 5.72. The Labute approximate surface area is 145 Å². The Bertz CT molecular complexity index is 968. The molecule has 2 heterocycles.